The van der Waals surface area contributed by atoms with Crippen molar-refractivity contribution in [2.45, 2.75) is 6.42 Å². The Kier molecular flexibility index (Phi) is 10.1. The average Bonchev–Trinajstić information content (AvgIpc) is 1.85. The van der Waals surface area contributed by atoms with Crippen LogP contribution < -0.4 is 11.5 Å². The first-order chi connectivity index (χ1) is 5.04. The zero-order valence-corrected chi connectivity index (χ0v) is 5.99. The summed E-state index contributed by atoms with van der Waals surface area (Å²) in [5.41, 5.74) is 9.81. The molecule has 11 heavy (non-hydrogen) atoms. The fourth-order valence-electron chi connectivity index (χ4n) is 0.129. The summed E-state index contributed by atoms with van der Waals surface area (Å²) in [5.74, 6) is -2.62. The molecule has 6 N–H and O–H groups in total. The van der Waals surface area contributed by atoms with Gasteiger partial charge in [-0.15, -0.1) is 0 Å². The van der Waals surface area contributed by atoms with Crippen LogP contribution in [0.3, 0.4) is 0 Å². The molecule has 0 amide bonds. The first kappa shape index (κ1) is 12.5. The minimum Gasteiger partial charge on any atom is -0.481 e. The van der Waals surface area contributed by atoms with Crippen LogP contribution in [-0.4, -0.2) is 35.2 Å². The maximum Gasteiger partial charge on any atom is 0.314 e. The van der Waals surface area contributed by atoms with Crippen molar-refractivity contribution >= 4 is 11.9 Å². The number of hydrogen-bond acceptors (Lipinski definition) is 4. The lowest BCUT2D eigenvalue weighted by atomic mass is 10.5. The van der Waals surface area contributed by atoms with Gasteiger partial charge in [-0.2, -0.15) is 0 Å². The molecule has 0 atom stereocenters. The molecule has 0 heterocycles. The molecule has 0 saturated carbocycles. The Hall–Kier alpha value is -1.14. The van der Waals surface area contributed by atoms with E-state index in [1.807, 2.05) is 0 Å². The third-order valence-electron chi connectivity index (χ3n) is 0.469. The number of carboxylic acids is 2. The zero-order chi connectivity index (χ0) is 9.28. The smallest absolute Gasteiger partial charge is 0.314 e. The van der Waals surface area contributed by atoms with E-state index >= 15 is 0 Å². The summed E-state index contributed by atoms with van der Waals surface area (Å²) in [6.45, 7) is 1.19. The van der Waals surface area contributed by atoms with Crippen LogP contribution in [0, 0.1) is 0 Å². The minimum atomic E-state index is -1.31. The second-order valence-corrected chi connectivity index (χ2v) is 1.54. The van der Waals surface area contributed by atoms with Crippen molar-refractivity contribution in [2.24, 2.45) is 11.5 Å². The molecule has 0 aromatic rings. The normalized spacial score (nSPS) is 7.82. The van der Waals surface area contributed by atoms with E-state index in [9.17, 15) is 9.59 Å². The summed E-state index contributed by atoms with van der Waals surface area (Å²) in [6.07, 6.45) is -0.806. The summed E-state index contributed by atoms with van der Waals surface area (Å²) in [4.78, 5) is 18.9. The van der Waals surface area contributed by atoms with Gasteiger partial charge in [0.2, 0.25) is 0 Å². The molecular formula is C5H12N2O4. The molecular weight excluding hydrogens is 152 g/mol. The van der Waals surface area contributed by atoms with Gasteiger partial charge in [-0.25, -0.2) is 0 Å². The first-order valence-electron chi connectivity index (χ1n) is 2.88. The molecule has 0 unspecified atom stereocenters. The van der Waals surface area contributed by atoms with Crippen LogP contribution in [-0.2, 0) is 9.59 Å². The summed E-state index contributed by atoms with van der Waals surface area (Å²) in [5, 5.41) is 15.4. The molecule has 0 aliphatic heterocycles. The SMILES string of the molecule is NCCN.O=C(O)CC(=O)O. The third-order valence-corrected chi connectivity index (χ3v) is 0.469. The van der Waals surface area contributed by atoms with Crippen molar-refractivity contribution < 1.29 is 19.8 Å². The van der Waals surface area contributed by atoms with E-state index in [2.05, 4.69) is 0 Å². The van der Waals surface area contributed by atoms with Gasteiger partial charge in [-0.05, 0) is 0 Å². The second kappa shape index (κ2) is 8.86. The number of aliphatic carboxylic acids is 2. The first-order valence-corrected chi connectivity index (χ1v) is 2.88. The van der Waals surface area contributed by atoms with Gasteiger partial charge >= 0.3 is 11.9 Å². The standard InChI is InChI=1S/C3H4O4.C2H8N2/c4-2(5)1-3(6)7;3-1-2-4/h1H2,(H,4,5)(H,6,7);1-4H2. The summed E-state index contributed by atoms with van der Waals surface area (Å²) in [6, 6.07) is 0. The van der Waals surface area contributed by atoms with Crippen LogP contribution in [0.4, 0.5) is 0 Å². The monoisotopic (exact) mass is 164 g/mol. The van der Waals surface area contributed by atoms with Crippen molar-refractivity contribution in [3.8, 4) is 0 Å². The van der Waals surface area contributed by atoms with Gasteiger partial charge in [0.15, 0.2) is 0 Å². The van der Waals surface area contributed by atoms with Gasteiger partial charge in [-0.3, -0.25) is 9.59 Å². The Morgan fingerprint density at radius 3 is 1.27 bits per heavy atom. The summed E-state index contributed by atoms with van der Waals surface area (Å²) >= 11 is 0. The Morgan fingerprint density at radius 2 is 1.27 bits per heavy atom. The molecule has 0 rings (SSSR count). The van der Waals surface area contributed by atoms with Gasteiger partial charge in [0.1, 0.15) is 6.42 Å². The fourth-order valence-corrected chi connectivity index (χ4v) is 0.129. The molecule has 0 saturated heterocycles. The number of hydrogen-bond donors (Lipinski definition) is 4. The topological polar surface area (TPSA) is 127 Å². The van der Waals surface area contributed by atoms with Crippen LogP contribution in [0.5, 0.6) is 0 Å². The lowest BCUT2D eigenvalue weighted by molar-refractivity contribution is -0.147. The Morgan fingerprint density at radius 1 is 1.00 bits per heavy atom. The lowest BCUT2D eigenvalue weighted by Gasteiger charge is -1.80. The molecule has 0 bridgehead atoms. The fraction of sp³-hybridized carbons (Fsp3) is 0.600. The van der Waals surface area contributed by atoms with Crippen molar-refractivity contribution in [3.05, 3.63) is 0 Å². The molecule has 66 valence electrons. The average molecular weight is 164 g/mol. The Balaban J connectivity index is 0. The highest BCUT2D eigenvalue weighted by molar-refractivity contribution is 5.88. The summed E-state index contributed by atoms with van der Waals surface area (Å²) in [7, 11) is 0. The van der Waals surface area contributed by atoms with E-state index in [0.717, 1.165) is 0 Å². The van der Waals surface area contributed by atoms with Gasteiger partial charge in [0.05, 0.1) is 0 Å². The quantitative estimate of drug-likeness (QED) is 0.374. The molecule has 0 spiro atoms. The second-order valence-electron chi connectivity index (χ2n) is 1.54. The van der Waals surface area contributed by atoms with E-state index in [-0.39, 0.29) is 0 Å². The maximum atomic E-state index is 9.43. The highest BCUT2D eigenvalue weighted by Gasteiger charge is 2.01. The van der Waals surface area contributed by atoms with Crippen molar-refractivity contribution in [1.82, 2.24) is 0 Å². The van der Waals surface area contributed by atoms with E-state index in [1.165, 1.54) is 0 Å². The van der Waals surface area contributed by atoms with E-state index in [4.69, 9.17) is 21.7 Å². The lowest BCUT2D eigenvalue weighted by Crippen LogP contribution is -2.11. The molecule has 0 aromatic heterocycles. The maximum absolute atomic E-state index is 9.43. The van der Waals surface area contributed by atoms with Crippen LogP contribution in [0.25, 0.3) is 0 Å². The molecule has 6 nitrogen and oxygen atoms in total. The number of rotatable bonds is 3. The number of carbonyl (C=O) groups is 2. The highest BCUT2D eigenvalue weighted by atomic mass is 16.4. The summed E-state index contributed by atoms with van der Waals surface area (Å²) < 4.78 is 0. The van der Waals surface area contributed by atoms with E-state index < -0.39 is 18.4 Å². The minimum absolute atomic E-state index is 0.597. The predicted octanol–water partition coefficient (Wildman–Crippen LogP) is -1.55. The number of nitrogens with two attached hydrogens (primary N) is 2. The van der Waals surface area contributed by atoms with Gasteiger partial charge < -0.3 is 21.7 Å². The molecule has 0 aromatic carbocycles. The third kappa shape index (κ3) is 28.0. The van der Waals surface area contributed by atoms with E-state index in [0.29, 0.717) is 13.1 Å². The molecule has 0 aliphatic rings. The molecule has 0 radical (unpaired) electrons. The predicted molar refractivity (Wildman–Crippen MR) is 38.0 cm³/mol. The van der Waals surface area contributed by atoms with Crippen LogP contribution in [0.15, 0.2) is 0 Å². The van der Waals surface area contributed by atoms with Crippen molar-refractivity contribution in [1.29, 1.82) is 0 Å². The van der Waals surface area contributed by atoms with Gasteiger partial charge in [0, 0.05) is 13.1 Å². The Labute approximate surface area is 63.8 Å². The van der Waals surface area contributed by atoms with Crippen LogP contribution >= 0.6 is 0 Å². The largest absolute Gasteiger partial charge is 0.481 e. The van der Waals surface area contributed by atoms with Gasteiger partial charge in [-0.1, -0.05) is 0 Å². The highest BCUT2D eigenvalue weighted by Crippen LogP contribution is 1.74. The zero-order valence-electron chi connectivity index (χ0n) is 5.99. The van der Waals surface area contributed by atoms with E-state index in [1.54, 1.807) is 0 Å². The van der Waals surface area contributed by atoms with Crippen molar-refractivity contribution in [3.63, 3.8) is 0 Å². The van der Waals surface area contributed by atoms with Crippen molar-refractivity contribution in [2.75, 3.05) is 13.1 Å². The Bertz CT molecular complexity index is 112. The molecule has 6 heteroatoms. The molecule has 0 fully saturated rings. The van der Waals surface area contributed by atoms with Gasteiger partial charge in [0.25, 0.3) is 0 Å². The molecule has 0 aliphatic carbocycles. The number of carboxylic acid groups (broad SMARTS) is 2. The van der Waals surface area contributed by atoms with Crippen LogP contribution in [0.2, 0.25) is 0 Å². The van der Waals surface area contributed by atoms with Crippen LogP contribution in [0.1, 0.15) is 6.42 Å².